The second-order valence-electron chi connectivity index (χ2n) is 15.3. The molecular weight excluding hydrogens is 703 g/mol. The molecule has 2 aromatic heterocycles. The predicted molar refractivity (Wildman–Crippen MR) is 223 cm³/mol. The highest BCUT2D eigenvalue weighted by molar-refractivity contribution is 7.38. The Morgan fingerprint density at radius 3 is 1.39 bits per heavy atom. The summed E-state index contributed by atoms with van der Waals surface area (Å²) in [7, 11) is 0. The smallest absolute Gasteiger partial charge is 0.123 e. The van der Waals surface area contributed by atoms with E-state index in [-0.39, 0.29) is 11.6 Å². The van der Waals surface area contributed by atoms with Gasteiger partial charge in [0, 0.05) is 30.9 Å². The lowest BCUT2D eigenvalue weighted by Crippen LogP contribution is -1.87. The molecule has 15 rings (SSSR count). The van der Waals surface area contributed by atoms with Crippen molar-refractivity contribution in [2.45, 2.75) is 0 Å². The minimum atomic E-state index is -0.264. The first kappa shape index (κ1) is 27.4. The van der Waals surface area contributed by atoms with Gasteiger partial charge in [-0.1, -0.05) is 97.1 Å². The van der Waals surface area contributed by atoms with Crippen molar-refractivity contribution in [3.05, 3.63) is 175 Å². The molecule has 246 valence electrons. The van der Waals surface area contributed by atoms with Gasteiger partial charge in [-0.25, -0.2) is 8.78 Å². The minimum absolute atomic E-state index is 0.264. The first-order valence-electron chi connectivity index (χ1n) is 18.3. The highest BCUT2D eigenvalue weighted by atomic mass is 32.1. The molecule has 0 atom stereocenters. The fourth-order valence-electron chi connectivity index (χ4n) is 11.0. The van der Waals surface area contributed by atoms with Crippen LogP contribution in [-0.4, -0.2) is 0 Å². The third kappa shape index (κ3) is 2.84. The minimum Gasteiger partial charge on any atom is -0.207 e. The van der Waals surface area contributed by atoms with Crippen molar-refractivity contribution in [2.75, 3.05) is 0 Å². The third-order valence-corrected chi connectivity index (χ3v) is 15.6. The van der Waals surface area contributed by atoms with Crippen molar-refractivity contribution < 1.29 is 8.78 Å². The van der Waals surface area contributed by atoms with Crippen molar-refractivity contribution in [1.29, 1.82) is 0 Å². The maximum absolute atomic E-state index is 14.9. The number of thiophene rings is 2. The van der Waals surface area contributed by atoms with Crippen LogP contribution in [0.1, 0.15) is 0 Å². The van der Waals surface area contributed by atoms with E-state index in [0.29, 0.717) is 0 Å². The zero-order valence-corrected chi connectivity index (χ0v) is 29.8. The standard InChI is InChI=1S/C50H20F2S2/c51-22-6-9-25-26-10-7-23(52)20-37(26)44-31-16-18-35-42-33(15-13-30(40(31)42)43(44)36(25)19-22)46-48(35)54-49-45-32-14-12-29-38-24-4-2-1-3-21(24)5-8-27(38)28-11-17-34(41(32)39(28)29)47(45)53-50(46)49/h1-20H. The lowest BCUT2D eigenvalue weighted by Gasteiger charge is -2.07. The fraction of sp³-hybridized carbons (Fsp3) is 0. The zero-order valence-electron chi connectivity index (χ0n) is 28.1. The molecule has 0 saturated carbocycles. The number of hydrogen-bond acceptors (Lipinski definition) is 2. The van der Waals surface area contributed by atoms with Crippen LogP contribution in [0.25, 0.3) is 105 Å². The molecule has 0 saturated heterocycles. The van der Waals surface area contributed by atoms with E-state index >= 15 is 0 Å². The Morgan fingerprint density at radius 1 is 0.296 bits per heavy atom. The van der Waals surface area contributed by atoms with Crippen LogP contribution in [0.4, 0.5) is 8.78 Å². The zero-order chi connectivity index (χ0) is 34.9. The molecule has 2 aliphatic rings. The molecule has 54 heavy (non-hydrogen) atoms. The van der Waals surface area contributed by atoms with Crippen LogP contribution < -0.4 is 0 Å². The lowest BCUT2D eigenvalue weighted by atomic mass is 9.97. The summed E-state index contributed by atoms with van der Waals surface area (Å²) >= 11 is 3.88. The molecule has 0 N–H and O–H groups in total. The molecule has 0 nitrogen and oxygen atoms in total. The Balaban J connectivity index is 1.11. The summed E-state index contributed by atoms with van der Waals surface area (Å²) in [5, 5.41) is 29.1. The Hall–Kier alpha value is -6.20. The number of benzene rings is 9. The number of rotatable bonds is 0. The van der Waals surface area contributed by atoms with E-state index in [9.17, 15) is 8.78 Å². The van der Waals surface area contributed by atoms with Crippen molar-refractivity contribution in [1.82, 2.24) is 0 Å². The average molecular weight is 723 g/mol. The second kappa shape index (κ2) is 8.77. The van der Waals surface area contributed by atoms with Crippen LogP contribution in [0.2, 0.25) is 0 Å². The summed E-state index contributed by atoms with van der Waals surface area (Å²) in [6, 6.07) is 41.9. The van der Waals surface area contributed by atoms with Crippen molar-refractivity contribution in [3.63, 3.8) is 0 Å². The predicted octanol–water partition coefficient (Wildman–Crippen LogP) is 14.3. The maximum atomic E-state index is 14.9. The van der Waals surface area contributed by atoms with E-state index in [1.165, 1.54) is 116 Å². The highest BCUT2D eigenvalue weighted by Gasteiger charge is 2.26. The topological polar surface area (TPSA) is 0 Å². The first-order chi connectivity index (χ1) is 26.6. The summed E-state index contributed by atoms with van der Waals surface area (Å²) in [5.74, 6) is -0.528. The normalized spacial score (nSPS) is 13.4. The summed E-state index contributed by atoms with van der Waals surface area (Å²) in [5.41, 5.74) is 0. The second-order valence-corrected chi connectivity index (χ2v) is 17.3. The Labute approximate surface area is 309 Å². The van der Waals surface area contributed by atoms with E-state index in [4.69, 9.17) is 0 Å². The molecule has 0 fully saturated rings. The van der Waals surface area contributed by atoms with Crippen LogP contribution in [0.15, 0.2) is 121 Å². The Morgan fingerprint density at radius 2 is 0.778 bits per heavy atom. The van der Waals surface area contributed by atoms with Gasteiger partial charge in [0.05, 0.1) is 9.40 Å². The molecule has 0 unspecified atom stereocenters. The van der Waals surface area contributed by atoms with Gasteiger partial charge in [0.25, 0.3) is 0 Å². The SMILES string of the molecule is Fc1ccc2c(c1)c1c(c3cc(F)ccc32)=c2ccc3c4c2c=1ccc4c1sc2c(sc4c5ccc6c7c(ccc(c75)c42)=c2c=6ccc4ccccc24)c31. The maximum Gasteiger partial charge on any atom is 0.123 e. The van der Waals surface area contributed by atoms with Crippen LogP contribution in [-0.2, 0) is 0 Å². The van der Waals surface area contributed by atoms with Crippen molar-refractivity contribution in [2.24, 2.45) is 0 Å². The van der Waals surface area contributed by atoms with E-state index in [1.807, 2.05) is 34.8 Å². The monoisotopic (exact) mass is 722 g/mol. The Bertz CT molecular complexity index is 4360. The van der Waals surface area contributed by atoms with Crippen LogP contribution in [0, 0.1) is 53.4 Å². The van der Waals surface area contributed by atoms with Gasteiger partial charge >= 0.3 is 0 Å². The van der Waals surface area contributed by atoms with Gasteiger partial charge in [-0.2, -0.15) is 0 Å². The van der Waals surface area contributed by atoms with Gasteiger partial charge in [0.2, 0.25) is 0 Å². The molecule has 0 radical (unpaired) electrons. The van der Waals surface area contributed by atoms with Crippen LogP contribution in [0.5, 0.6) is 0 Å². The molecular formula is C50H20F2S2. The number of fused-ring (bicyclic) bond motifs is 18. The number of hydrogen-bond donors (Lipinski definition) is 0. The van der Waals surface area contributed by atoms with Gasteiger partial charge < -0.3 is 0 Å². The molecule has 0 amide bonds. The molecule has 4 heteroatoms. The average Bonchev–Trinajstić information content (AvgIpc) is 4.01. The number of halogens is 2. The molecule has 0 aliphatic heterocycles. The summed E-state index contributed by atoms with van der Waals surface area (Å²) in [6.07, 6.45) is 0. The highest BCUT2D eigenvalue weighted by Crippen LogP contribution is 2.56. The summed E-state index contributed by atoms with van der Waals surface area (Å²) < 4.78 is 35.3. The summed E-state index contributed by atoms with van der Waals surface area (Å²) in [6.45, 7) is 0. The van der Waals surface area contributed by atoms with E-state index in [0.717, 1.165) is 42.4 Å². The molecule has 13 aromatic rings. The van der Waals surface area contributed by atoms with Gasteiger partial charge in [-0.05, 0) is 131 Å². The van der Waals surface area contributed by atoms with Gasteiger partial charge in [0.15, 0.2) is 0 Å². The van der Waals surface area contributed by atoms with Crippen molar-refractivity contribution in [3.8, 4) is 0 Å². The van der Waals surface area contributed by atoms with Gasteiger partial charge in [-0.15, -0.1) is 22.7 Å². The van der Waals surface area contributed by atoms with Crippen LogP contribution in [0.3, 0.4) is 0 Å². The van der Waals surface area contributed by atoms with E-state index in [2.05, 4.69) is 84.9 Å². The first-order valence-corrected chi connectivity index (χ1v) is 19.9. The van der Waals surface area contributed by atoms with E-state index in [1.54, 1.807) is 12.1 Å². The third-order valence-electron chi connectivity index (χ3n) is 12.9. The van der Waals surface area contributed by atoms with Gasteiger partial charge in [-0.3, -0.25) is 0 Å². The lowest BCUT2D eigenvalue weighted by molar-refractivity contribution is 0.629. The largest absolute Gasteiger partial charge is 0.207 e. The molecule has 2 aliphatic carbocycles. The van der Waals surface area contributed by atoms with Gasteiger partial charge in [0.1, 0.15) is 11.6 Å². The van der Waals surface area contributed by atoms with Crippen LogP contribution >= 0.6 is 22.7 Å². The quantitative estimate of drug-likeness (QED) is 0.137. The molecule has 0 spiro atoms. The van der Waals surface area contributed by atoms with Crippen molar-refractivity contribution >= 4 is 128 Å². The molecule has 2 heterocycles. The fourth-order valence-corrected chi connectivity index (χ4v) is 14.0. The molecule has 11 aromatic carbocycles. The van der Waals surface area contributed by atoms with E-state index < -0.39 is 0 Å². The summed E-state index contributed by atoms with van der Waals surface area (Å²) in [4.78, 5) is 0. The molecule has 0 bridgehead atoms. The Kier molecular flexibility index (Phi) is 4.45.